The highest BCUT2D eigenvalue weighted by molar-refractivity contribution is 5.94. The lowest BCUT2D eigenvalue weighted by molar-refractivity contribution is -0.149. The maximum absolute atomic E-state index is 13.4. The van der Waals surface area contributed by atoms with Gasteiger partial charge >= 0.3 is 12.1 Å². The normalized spacial score (nSPS) is 34.7. The van der Waals surface area contributed by atoms with Crippen molar-refractivity contribution in [3.8, 4) is 0 Å². The van der Waals surface area contributed by atoms with E-state index in [1.54, 1.807) is 6.92 Å². The van der Waals surface area contributed by atoms with Gasteiger partial charge in [-0.2, -0.15) is 13.2 Å². The number of amides is 1. The van der Waals surface area contributed by atoms with E-state index in [0.717, 1.165) is 37.8 Å². The second-order valence-corrected chi connectivity index (χ2v) is 11.3. The Bertz CT molecular complexity index is 1040. The number of halogens is 3. The molecule has 1 aromatic rings. The fourth-order valence-corrected chi connectivity index (χ4v) is 7.55. The van der Waals surface area contributed by atoms with Gasteiger partial charge in [0.15, 0.2) is 0 Å². The molecule has 1 amide bonds. The van der Waals surface area contributed by atoms with Crippen molar-refractivity contribution in [3.05, 3.63) is 29.3 Å². The maximum Gasteiger partial charge on any atom is 0.416 e. The Hall–Kier alpha value is -2.38. The zero-order chi connectivity index (χ0) is 25.8. The van der Waals surface area contributed by atoms with E-state index in [4.69, 9.17) is 0 Å². The Morgan fingerprint density at radius 1 is 1.11 bits per heavy atom. The van der Waals surface area contributed by atoms with Gasteiger partial charge in [-0.3, -0.25) is 14.4 Å². The number of benzene rings is 1. The number of hydrogen-bond donors (Lipinski definition) is 2. The van der Waals surface area contributed by atoms with Gasteiger partial charge in [-0.15, -0.1) is 0 Å². The summed E-state index contributed by atoms with van der Waals surface area (Å²) in [7, 11) is 0. The number of carbonyl (C=O) groups is 3. The molecule has 0 saturated heterocycles. The Morgan fingerprint density at radius 2 is 1.83 bits per heavy atom. The van der Waals surface area contributed by atoms with Crippen LogP contribution in [0.1, 0.15) is 76.3 Å². The predicted octanol–water partition coefficient (Wildman–Crippen LogP) is 6.25. The third-order valence-electron chi connectivity index (χ3n) is 9.59. The largest absolute Gasteiger partial charge is 0.481 e. The lowest BCUT2D eigenvalue weighted by Gasteiger charge is -2.55. The van der Waals surface area contributed by atoms with Crippen LogP contribution in [0.2, 0.25) is 0 Å². The number of rotatable bonds is 5. The van der Waals surface area contributed by atoms with Gasteiger partial charge in [-0.05, 0) is 86.3 Å². The molecule has 0 spiro atoms. The Kier molecular flexibility index (Phi) is 6.56. The molecule has 3 aliphatic rings. The molecule has 4 rings (SSSR count). The first-order valence-corrected chi connectivity index (χ1v) is 12.5. The van der Waals surface area contributed by atoms with Crippen LogP contribution < -0.4 is 5.32 Å². The highest BCUT2D eigenvalue weighted by Gasteiger charge is 2.60. The average Bonchev–Trinajstić information content (AvgIpc) is 3.13. The molecule has 0 radical (unpaired) electrons. The first-order valence-electron chi connectivity index (χ1n) is 12.5. The second-order valence-electron chi connectivity index (χ2n) is 11.3. The van der Waals surface area contributed by atoms with Crippen molar-refractivity contribution >= 4 is 23.3 Å². The van der Waals surface area contributed by atoms with Crippen LogP contribution in [0.15, 0.2) is 18.2 Å². The molecule has 3 aliphatic carbocycles. The van der Waals surface area contributed by atoms with E-state index in [1.807, 2.05) is 6.92 Å². The molecule has 3 unspecified atom stereocenters. The van der Waals surface area contributed by atoms with E-state index >= 15 is 0 Å². The molecule has 0 bridgehead atoms. The third-order valence-corrected chi connectivity index (χ3v) is 9.59. The Balaban J connectivity index is 1.54. The van der Waals surface area contributed by atoms with Crippen molar-refractivity contribution in [1.29, 1.82) is 0 Å². The zero-order valence-corrected chi connectivity index (χ0v) is 20.5. The summed E-state index contributed by atoms with van der Waals surface area (Å²) in [6.45, 7) is 5.72. The van der Waals surface area contributed by atoms with Crippen molar-refractivity contribution in [3.63, 3.8) is 0 Å². The predicted molar refractivity (Wildman–Crippen MR) is 125 cm³/mol. The van der Waals surface area contributed by atoms with Crippen molar-refractivity contribution in [2.75, 3.05) is 5.32 Å². The number of Topliss-reactive ketones (excluding diaryl/α,β-unsaturated/α-hetero) is 1. The number of anilines is 1. The quantitative estimate of drug-likeness (QED) is 0.508. The van der Waals surface area contributed by atoms with Gasteiger partial charge in [-0.25, -0.2) is 0 Å². The first-order chi connectivity index (χ1) is 16.3. The average molecular weight is 494 g/mol. The van der Waals surface area contributed by atoms with Crippen LogP contribution >= 0.6 is 0 Å². The first kappa shape index (κ1) is 25.7. The third kappa shape index (κ3) is 4.49. The molecule has 3 saturated carbocycles. The van der Waals surface area contributed by atoms with Gasteiger partial charge in [-0.1, -0.05) is 19.9 Å². The van der Waals surface area contributed by atoms with E-state index in [2.05, 4.69) is 12.2 Å². The molecule has 0 aromatic heterocycles. The molecule has 8 heteroatoms. The fraction of sp³-hybridized carbons (Fsp3) is 0.667. The molecular weight excluding hydrogens is 459 g/mol. The molecule has 3 fully saturated rings. The van der Waals surface area contributed by atoms with Crippen LogP contribution in [0, 0.1) is 41.4 Å². The van der Waals surface area contributed by atoms with Gasteiger partial charge in [0.05, 0.1) is 5.56 Å². The standard InChI is InChI=1S/C27H34F3NO4/c1-15-4-5-16(27(28,29)30)14-21(15)31-24(35)20-8-7-18-17-6-9-22(32)26(3,13-11-23(33)34)19(17)10-12-25(18,20)2/h4-5,14,17-20H,6-13H2,1-3H3,(H,31,35)(H,33,34)/t17?,18?,19?,20-,25+,26-/m1/s1. The van der Waals surface area contributed by atoms with Crippen LogP contribution in [0.5, 0.6) is 0 Å². The van der Waals surface area contributed by atoms with Gasteiger partial charge < -0.3 is 10.4 Å². The monoisotopic (exact) mass is 493 g/mol. The topological polar surface area (TPSA) is 83.5 Å². The minimum absolute atomic E-state index is 0.0330. The van der Waals surface area contributed by atoms with Gasteiger partial charge in [0, 0.05) is 29.9 Å². The van der Waals surface area contributed by atoms with E-state index in [9.17, 15) is 32.7 Å². The SMILES string of the molecule is Cc1ccc(C(F)(F)F)cc1NC(=O)[C@H]1CCC2C3CCC(=O)[C@](C)(CCC(=O)O)C3CC[C@@]21C. The van der Waals surface area contributed by atoms with Crippen LogP contribution in [0.4, 0.5) is 18.9 Å². The maximum atomic E-state index is 13.4. The number of aliphatic carboxylic acids is 1. The molecule has 192 valence electrons. The summed E-state index contributed by atoms with van der Waals surface area (Å²) in [6, 6.07) is 3.39. The Labute approximate surface area is 203 Å². The number of carbonyl (C=O) groups excluding carboxylic acids is 2. The summed E-state index contributed by atoms with van der Waals surface area (Å²) in [5.74, 6) is -0.717. The number of hydrogen-bond acceptors (Lipinski definition) is 3. The second kappa shape index (κ2) is 8.93. The molecule has 35 heavy (non-hydrogen) atoms. The van der Waals surface area contributed by atoms with E-state index in [1.165, 1.54) is 6.07 Å². The summed E-state index contributed by atoms with van der Waals surface area (Å²) < 4.78 is 39.6. The van der Waals surface area contributed by atoms with Crippen LogP contribution in [0.25, 0.3) is 0 Å². The molecule has 0 heterocycles. The Morgan fingerprint density at radius 3 is 2.49 bits per heavy atom. The highest BCUT2D eigenvalue weighted by atomic mass is 19.4. The summed E-state index contributed by atoms with van der Waals surface area (Å²) >= 11 is 0. The van der Waals surface area contributed by atoms with Crippen LogP contribution in [0.3, 0.4) is 0 Å². The number of ketones is 1. The van der Waals surface area contributed by atoms with Gasteiger partial charge in [0.2, 0.25) is 5.91 Å². The van der Waals surface area contributed by atoms with Gasteiger partial charge in [0.1, 0.15) is 5.78 Å². The summed E-state index contributed by atoms with van der Waals surface area (Å²) in [5.41, 5.74) is -0.973. The molecular formula is C27H34F3NO4. The van der Waals surface area contributed by atoms with Crippen molar-refractivity contribution in [1.82, 2.24) is 0 Å². The molecule has 1 aromatic carbocycles. The summed E-state index contributed by atoms with van der Waals surface area (Å²) in [5, 5.41) is 12.0. The van der Waals surface area contributed by atoms with E-state index in [-0.39, 0.29) is 52.9 Å². The van der Waals surface area contributed by atoms with Crippen LogP contribution in [-0.2, 0) is 20.6 Å². The van der Waals surface area contributed by atoms with Crippen molar-refractivity contribution < 1.29 is 32.7 Å². The van der Waals surface area contributed by atoms with Gasteiger partial charge in [0.25, 0.3) is 0 Å². The van der Waals surface area contributed by atoms with E-state index < -0.39 is 23.1 Å². The van der Waals surface area contributed by atoms with E-state index in [0.29, 0.717) is 24.8 Å². The number of alkyl halides is 3. The minimum Gasteiger partial charge on any atom is -0.481 e. The lowest BCUT2D eigenvalue weighted by atomic mass is 9.48. The molecule has 2 N–H and O–H groups in total. The minimum atomic E-state index is -4.48. The number of nitrogens with one attached hydrogen (secondary N) is 1. The number of aryl methyl sites for hydroxylation is 1. The molecule has 5 nitrogen and oxygen atoms in total. The summed E-state index contributed by atoms with van der Waals surface area (Å²) in [4.78, 5) is 37.6. The van der Waals surface area contributed by atoms with Crippen molar-refractivity contribution in [2.45, 2.75) is 78.3 Å². The fourth-order valence-electron chi connectivity index (χ4n) is 7.55. The molecule has 6 atom stereocenters. The van der Waals surface area contributed by atoms with Crippen LogP contribution in [-0.4, -0.2) is 22.8 Å². The zero-order valence-electron chi connectivity index (χ0n) is 20.5. The summed E-state index contributed by atoms with van der Waals surface area (Å²) in [6.07, 6.45) is 0.00743. The smallest absolute Gasteiger partial charge is 0.416 e. The number of carboxylic acid groups (broad SMARTS) is 1. The molecule has 0 aliphatic heterocycles. The number of fused-ring (bicyclic) bond motifs is 3. The lowest BCUT2D eigenvalue weighted by Crippen LogP contribution is -2.53. The van der Waals surface area contributed by atoms with Crippen molar-refractivity contribution in [2.24, 2.45) is 34.5 Å². The number of carboxylic acids is 1. The highest BCUT2D eigenvalue weighted by Crippen LogP contribution is 2.64.